The van der Waals surface area contributed by atoms with Gasteiger partial charge in [0.15, 0.2) is 0 Å². The highest BCUT2D eigenvalue weighted by molar-refractivity contribution is 7.17. The van der Waals surface area contributed by atoms with Crippen molar-refractivity contribution in [2.75, 3.05) is 31.1 Å². The van der Waals surface area contributed by atoms with Crippen LogP contribution >= 0.6 is 11.3 Å². The molecule has 2 aliphatic rings. The van der Waals surface area contributed by atoms with Crippen molar-refractivity contribution < 1.29 is 4.79 Å². The molecule has 4 heterocycles. The topological polar surface area (TPSA) is 54.3 Å². The van der Waals surface area contributed by atoms with Gasteiger partial charge >= 0.3 is 0 Å². The number of piperidine rings is 1. The number of nitrogens with zero attached hydrogens (tertiary/aromatic N) is 5. The fraction of sp³-hybridized carbons (Fsp3) is 0.611. The van der Waals surface area contributed by atoms with Gasteiger partial charge in [0.05, 0.1) is 5.92 Å². The van der Waals surface area contributed by atoms with Crippen molar-refractivity contribution in [2.24, 2.45) is 5.92 Å². The molecule has 1 atom stereocenters. The summed E-state index contributed by atoms with van der Waals surface area (Å²) >= 11 is 1.59. The summed E-state index contributed by atoms with van der Waals surface area (Å²) in [4.78, 5) is 17.3. The number of hydrogen-bond donors (Lipinski definition) is 0. The van der Waals surface area contributed by atoms with Gasteiger partial charge in [0.1, 0.15) is 0 Å². The van der Waals surface area contributed by atoms with Crippen molar-refractivity contribution in [1.29, 1.82) is 0 Å². The predicted molar refractivity (Wildman–Crippen MR) is 99.2 cm³/mol. The van der Waals surface area contributed by atoms with Crippen LogP contribution in [0.4, 0.5) is 5.13 Å². The van der Waals surface area contributed by atoms with Gasteiger partial charge in [-0.2, -0.15) is 0 Å². The molecule has 0 aliphatic carbocycles. The lowest BCUT2D eigenvalue weighted by atomic mass is 9.96. The zero-order valence-corrected chi connectivity index (χ0v) is 15.3. The number of carbonyl (C=O) groups excluding carboxylic acids is 1. The molecule has 2 fully saturated rings. The van der Waals surface area contributed by atoms with Gasteiger partial charge in [0.2, 0.25) is 16.2 Å². The fourth-order valence-electron chi connectivity index (χ4n) is 3.80. The molecule has 6 nitrogen and oxygen atoms in total. The first kappa shape index (κ1) is 16.6. The standard InChI is InChI=1S/C18H25N5OS/c24-16(21-9-3-1-2-4-10-21)15-8-7-13-23(14-15)18-20-19-17(25-18)22-11-5-6-12-22/h5-6,11-12,15H,1-4,7-10,13-14H2/t15-/m1/s1. The van der Waals surface area contributed by atoms with E-state index in [-0.39, 0.29) is 5.92 Å². The van der Waals surface area contributed by atoms with Crippen LogP contribution in [0.15, 0.2) is 24.5 Å². The lowest BCUT2D eigenvalue weighted by Crippen LogP contribution is -2.45. The molecule has 134 valence electrons. The lowest BCUT2D eigenvalue weighted by Gasteiger charge is -2.34. The van der Waals surface area contributed by atoms with E-state index in [1.165, 1.54) is 12.8 Å². The molecular formula is C18H25N5OS. The molecule has 0 spiro atoms. The number of anilines is 1. The van der Waals surface area contributed by atoms with Gasteiger partial charge in [-0.05, 0) is 37.8 Å². The van der Waals surface area contributed by atoms with Crippen molar-refractivity contribution >= 4 is 22.4 Å². The van der Waals surface area contributed by atoms with E-state index in [9.17, 15) is 4.79 Å². The van der Waals surface area contributed by atoms with Crippen LogP contribution in [0.5, 0.6) is 0 Å². The van der Waals surface area contributed by atoms with Crippen LogP contribution in [0, 0.1) is 5.92 Å². The first-order valence-electron chi connectivity index (χ1n) is 9.32. The average molecular weight is 359 g/mol. The van der Waals surface area contributed by atoms with Gasteiger partial charge < -0.3 is 9.80 Å². The summed E-state index contributed by atoms with van der Waals surface area (Å²) in [6.45, 7) is 3.61. The molecule has 1 amide bonds. The number of amides is 1. The fourth-order valence-corrected chi connectivity index (χ4v) is 4.65. The Morgan fingerprint density at radius 3 is 2.44 bits per heavy atom. The molecule has 2 aromatic heterocycles. The van der Waals surface area contributed by atoms with E-state index in [4.69, 9.17) is 0 Å². The van der Waals surface area contributed by atoms with E-state index >= 15 is 0 Å². The Bertz CT molecular complexity index is 690. The second-order valence-electron chi connectivity index (χ2n) is 6.98. The molecule has 7 heteroatoms. The third-order valence-electron chi connectivity index (χ3n) is 5.19. The maximum absolute atomic E-state index is 12.9. The van der Waals surface area contributed by atoms with E-state index in [0.29, 0.717) is 5.91 Å². The van der Waals surface area contributed by atoms with Crippen LogP contribution in [-0.2, 0) is 4.79 Å². The highest BCUT2D eigenvalue weighted by atomic mass is 32.1. The maximum atomic E-state index is 12.9. The maximum Gasteiger partial charge on any atom is 0.227 e. The van der Waals surface area contributed by atoms with Crippen LogP contribution in [-0.4, -0.2) is 51.8 Å². The summed E-state index contributed by atoms with van der Waals surface area (Å²) in [7, 11) is 0. The van der Waals surface area contributed by atoms with Gasteiger partial charge in [-0.25, -0.2) is 0 Å². The minimum Gasteiger partial charge on any atom is -0.346 e. The Morgan fingerprint density at radius 1 is 0.960 bits per heavy atom. The van der Waals surface area contributed by atoms with Crippen LogP contribution in [0.2, 0.25) is 0 Å². The van der Waals surface area contributed by atoms with E-state index in [2.05, 4.69) is 20.0 Å². The zero-order valence-electron chi connectivity index (χ0n) is 14.5. The normalized spacial score (nSPS) is 22.0. The van der Waals surface area contributed by atoms with E-state index < -0.39 is 0 Å². The molecule has 0 N–H and O–H groups in total. The predicted octanol–water partition coefficient (Wildman–Crippen LogP) is 2.95. The van der Waals surface area contributed by atoms with Crippen LogP contribution in [0.1, 0.15) is 38.5 Å². The third kappa shape index (κ3) is 3.71. The quantitative estimate of drug-likeness (QED) is 0.845. The van der Waals surface area contributed by atoms with Crippen LogP contribution < -0.4 is 4.90 Å². The minimum atomic E-state index is 0.103. The molecule has 0 bridgehead atoms. The average Bonchev–Trinajstić information content (AvgIpc) is 3.28. The summed E-state index contributed by atoms with van der Waals surface area (Å²) in [5.74, 6) is 0.451. The smallest absolute Gasteiger partial charge is 0.227 e. The SMILES string of the molecule is O=C([C@@H]1CCCN(c2nnc(-n3cccc3)s2)C1)N1CCCCCC1. The molecule has 0 aromatic carbocycles. The summed E-state index contributed by atoms with van der Waals surface area (Å²) in [6.07, 6.45) is 10.8. The zero-order chi connectivity index (χ0) is 17.1. The third-order valence-corrected chi connectivity index (χ3v) is 6.19. The van der Waals surface area contributed by atoms with Gasteiger partial charge in [-0.15, -0.1) is 10.2 Å². The highest BCUT2D eigenvalue weighted by Gasteiger charge is 2.30. The highest BCUT2D eigenvalue weighted by Crippen LogP contribution is 2.29. The van der Waals surface area contributed by atoms with E-state index in [1.54, 1.807) is 11.3 Å². The summed E-state index contributed by atoms with van der Waals surface area (Å²) in [6, 6.07) is 3.97. The molecule has 0 unspecified atom stereocenters. The molecular weight excluding hydrogens is 334 g/mol. The number of carbonyl (C=O) groups is 1. The van der Waals surface area contributed by atoms with Crippen molar-refractivity contribution in [2.45, 2.75) is 38.5 Å². The van der Waals surface area contributed by atoms with Gasteiger partial charge in [-0.3, -0.25) is 9.36 Å². The number of aromatic nitrogens is 3. The lowest BCUT2D eigenvalue weighted by molar-refractivity contribution is -0.135. The van der Waals surface area contributed by atoms with Crippen molar-refractivity contribution in [1.82, 2.24) is 19.7 Å². The first-order valence-corrected chi connectivity index (χ1v) is 10.1. The van der Waals surface area contributed by atoms with E-state index in [0.717, 1.165) is 62.1 Å². The molecule has 0 saturated carbocycles. The largest absolute Gasteiger partial charge is 0.346 e. The van der Waals surface area contributed by atoms with E-state index in [1.807, 2.05) is 29.1 Å². The second-order valence-corrected chi connectivity index (χ2v) is 7.92. The molecule has 2 aromatic rings. The summed E-state index contributed by atoms with van der Waals surface area (Å²) in [5.41, 5.74) is 0. The van der Waals surface area contributed by atoms with Gasteiger partial charge in [-0.1, -0.05) is 24.2 Å². The first-order chi connectivity index (χ1) is 12.3. The minimum absolute atomic E-state index is 0.103. The van der Waals surface area contributed by atoms with Crippen molar-refractivity contribution in [3.63, 3.8) is 0 Å². The molecule has 2 aliphatic heterocycles. The Hall–Kier alpha value is -1.89. The Morgan fingerprint density at radius 2 is 1.68 bits per heavy atom. The Balaban J connectivity index is 1.43. The number of rotatable bonds is 3. The molecule has 0 radical (unpaired) electrons. The van der Waals surface area contributed by atoms with Crippen LogP contribution in [0.3, 0.4) is 0 Å². The second kappa shape index (κ2) is 7.56. The molecule has 25 heavy (non-hydrogen) atoms. The summed E-state index contributed by atoms with van der Waals surface area (Å²) in [5, 5.41) is 10.5. The molecule has 4 rings (SSSR count). The van der Waals surface area contributed by atoms with Crippen molar-refractivity contribution in [3.8, 4) is 5.13 Å². The van der Waals surface area contributed by atoms with Gasteiger partial charge in [0.25, 0.3) is 0 Å². The number of hydrogen-bond acceptors (Lipinski definition) is 5. The molecule has 2 saturated heterocycles. The monoisotopic (exact) mass is 359 g/mol. The Labute approximate surface area is 152 Å². The Kier molecular flexibility index (Phi) is 5.01. The summed E-state index contributed by atoms with van der Waals surface area (Å²) < 4.78 is 1.98. The van der Waals surface area contributed by atoms with Gasteiger partial charge in [0, 0.05) is 38.6 Å². The number of likely N-dealkylation sites (tertiary alicyclic amines) is 1. The van der Waals surface area contributed by atoms with Crippen LogP contribution in [0.25, 0.3) is 5.13 Å². The van der Waals surface area contributed by atoms with Crippen molar-refractivity contribution in [3.05, 3.63) is 24.5 Å².